The molecule has 0 unspecified atom stereocenters. The maximum absolute atomic E-state index is 4.50. The Balaban J connectivity index is 1.59. The lowest BCUT2D eigenvalue weighted by molar-refractivity contribution is 0.958. The number of nitrogens with zero attached hydrogens (tertiary/aromatic N) is 7. The summed E-state index contributed by atoms with van der Waals surface area (Å²) in [6.07, 6.45) is 8.75. The summed E-state index contributed by atoms with van der Waals surface area (Å²) < 4.78 is 3.61. The Morgan fingerprint density at radius 1 is 1.22 bits per heavy atom. The second kappa shape index (κ2) is 4.26. The topological polar surface area (TPSA) is 101 Å². The van der Waals surface area contributed by atoms with Gasteiger partial charge in [0, 0.05) is 12.4 Å². The number of aromatic amines is 1. The molecular formula is C14H11N9. The number of nitrogens with one attached hydrogen (secondary N) is 2. The first-order valence-electron chi connectivity index (χ1n) is 7.03. The highest BCUT2D eigenvalue weighted by Gasteiger charge is 2.09. The molecule has 9 heteroatoms. The summed E-state index contributed by atoms with van der Waals surface area (Å²) in [5.74, 6) is 1.25. The van der Waals surface area contributed by atoms with E-state index >= 15 is 0 Å². The van der Waals surface area contributed by atoms with Crippen molar-refractivity contribution in [1.82, 2.24) is 38.9 Å². The van der Waals surface area contributed by atoms with E-state index < -0.39 is 0 Å². The fourth-order valence-electron chi connectivity index (χ4n) is 2.61. The highest BCUT2D eigenvalue weighted by molar-refractivity contribution is 5.76. The van der Waals surface area contributed by atoms with Crippen molar-refractivity contribution in [3.63, 3.8) is 0 Å². The zero-order chi connectivity index (χ0) is 15.4. The van der Waals surface area contributed by atoms with Crippen molar-refractivity contribution in [2.24, 2.45) is 0 Å². The quantitative estimate of drug-likeness (QED) is 0.515. The van der Waals surface area contributed by atoms with E-state index in [0.717, 1.165) is 33.8 Å². The molecule has 0 radical (unpaired) electrons. The molecule has 23 heavy (non-hydrogen) atoms. The van der Waals surface area contributed by atoms with Gasteiger partial charge in [-0.25, -0.2) is 19.5 Å². The largest absolute Gasteiger partial charge is 0.323 e. The third kappa shape index (κ3) is 1.76. The zero-order valence-electron chi connectivity index (χ0n) is 12.1. The summed E-state index contributed by atoms with van der Waals surface area (Å²) in [4.78, 5) is 20.4. The molecule has 5 rings (SSSR count). The molecule has 0 amide bonds. The van der Waals surface area contributed by atoms with Crippen LogP contribution in [0.4, 0.5) is 11.6 Å². The van der Waals surface area contributed by atoms with Crippen LogP contribution in [0.1, 0.15) is 5.56 Å². The van der Waals surface area contributed by atoms with E-state index in [1.54, 1.807) is 16.9 Å². The second-order valence-electron chi connectivity index (χ2n) is 5.23. The van der Waals surface area contributed by atoms with Crippen LogP contribution in [0, 0.1) is 6.92 Å². The van der Waals surface area contributed by atoms with Crippen molar-refractivity contribution in [2.75, 3.05) is 5.32 Å². The molecule has 0 aliphatic heterocycles. The number of pyridine rings is 1. The molecule has 5 aromatic rings. The first-order valence-corrected chi connectivity index (χ1v) is 7.03. The van der Waals surface area contributed by atoms with Gasteiger partial charge in [0.05, 0.1) is 18.1 Å². The molecule has 2 N–H and O–H groups in total. The minimum Gasteiger partial charge on any atom is -0.323 e. The van der Waals surface area contributed by atoms with Crippen molar-refractivity contribution in [3.05, 3.63) is 42.7 Å². The fraction of sp³-hybridized carbons (Fsp3) is 0.0714. The van der Waals surface area contributed by atoms with Gasteiger partial charge in [-0.1, -0.05) is 0 Å². The molecule has 0 aliphatic carbocycles. The monoisotopic (exact) mass is 305 g/mol. The number of aromatic nitrogens is 8. The lowest BCUT2D eigenvalue weighted by Crippen LogP contribution is -2.01. The van der Waals surface area contributed by atoms with Crippen molar-refractivity contribution in [1.29, 1.82) is 0 Å². The van der Waals surface area contributed by atoms with Gasteiger partial charge in [0.2, 0.25) is 11.7 Å². The summed E-state index contributed by atoms with van der Waals surface area (Å²) in [7, 11) is 0. The Kier molecular flexibility index (Phi) is 2.24. The summed E-state index contributed by atoms with van der Waals surface area (Å²) >= 11 is 0. The van der Waals surface area contributed by atoms with Gasteiger partial charge in [0.1, 0.15) is 11.8 Å². The van der Waals surface area contributed by atoms with Gasteiger partial charge in [-0.05, 0) is 18.6 Å². The van der Waals surface area contributed by atoms with Crippen LogP contribution in [-0.4, -0.2) is 38.9 Å². The number of hydrogen-bond donors (Lipinski definition) is 2. The van der Waals surface area contributed by atoms with Crippen LogP contribution in [0.5, 0.6) is 0 Å². The van der Waals surface area contributed by atoms with Gasteiger partial charge in [-0.2, -0.15) is 10.1 Å². The molecule has 0 saturated heterocycles. The average Bonchev–Trinajstić information content (AvgIpc) is 3.22. The SMILES string of the molecule is Cc1cc2ncnn2cc1Nc1ncc2c(n1)[nH]c1nccn12. The number of rotatable bonds is 2. The van der Waals surface area contributed by atoms with Crippen LogP contribution in [-0.2, 0) is 0 Å². The number of fused-ring (bicyclic) bond motifs is 4. The van der Waals surface area contributed by atoms with E-state index in [-0.39, 0.29) is 0 Å². The van der Waals surface area contributed by atoms with Crippen LogP contribution in [0.25, 0.3) is 22.6 Å². The van der Waals surface area contributed by atoms with Crippen LogP contribution in [0.3, 0.4) is 0 Å². The molecule has 5 aromatic heterocycles. The molecule has 0 aliphatic rings. The Morgan fingerprint density at radius 3 is 3.13 bits per heavy atom. The first kappa shape index (κ1) is 12.1. The van der Waals surface area contributed by atoms with Crippen LogP contribution < -0.4 is 5.32 Å². The minimum absolute atomic E-state index is 0.504. The second-order valence-corrected chi connectivity index (χ2v) is 5.23. The van der Waals surface area contributed by atoms with Crippen LogP contribution in [0.2, 0.25) is 0 Å². The molecule has 0 bridgehead atoms. The van der Waals surface area contributed by atoms with Gasteiger partial charge in [0.15, 0.2) is 11.3 Å². The maximum atomic E-state index is 4.50. The molecule has 5 heterocycles. The van der Waals surface area contributed by atoms with Gasteiger partial charge in [-0.3, -0.25) is 4.40 Å². The van der Waals surface area contributed by atoms with E-state index in [1.807, 2.05) is 29.8 Å². The van der Waals surface area contributed by atoms with Gasteiger partial charge >= 0.3 is 0 Å². The van der Waals surface area contributed by atoms with Gasteiger partial charge in [-0.15, -0.1) is 0 Å². The number of hydrogen-bond acceptors (Lipinski definition) is 6. The van der Waals surface area contributed by atoms with Crippen molar-refractivity contribution in [2.45, 2.75) is 6.92 Å². The summed E-state index contributed by atoms with van der Waals surface area (Å²) in [5.41, 5.74) is 4.32. The molecule has 0 spiro atoms. The number of aryl methyl sites for hydroxylation is 1. The summed E-state index contributed by atoms with van der Waals surface area (Å²) in [6.45, 7) is 2.00. The lowest BCUT2D eigenvalue weighted by Gasteiger charge is -2.08. The lowest BCUT2D eigenvalue weighted by atomic mass is 10.2. The van der Waals surface area contributed by atoms with Crippen molar-refractivity contribution in [3.8, 4) is 0 Å². The van der Waals surface area contributed by atoms with Crippen molar-refractivity contribution < 1.29 is 0 Å². The van der Waals surface area contributed by atoms with Gasteiger partial charge in [0.25, 0.3) is 0 Å². The zero-order valence-corrected chi connectivity index (χ0v) is 12.1. The smallest absolute Gasteiger partial charge is 0.229 e. The average molecular weight is 305 g/mol. The Morgan fingerprint density at radius 2 is 2.17 bits per heavy atom. The molecule has 0 atom stereocenters. The third-order valence-corrected chi connectivity index (χ3v) is 3.77. The highest BCUT2D eigenvalue weighted by Crippen LogP contribution is 2.20. The van der Waals surface area contributed by atoms with E-state index in [0.29, 0.717) is 5.95 Å². The number of anilines is 2. The molecule has 0 saturated carbocycles. The van der Waals surface area contributed by atoms with Crippen molar-refractivity contribution >= 4 is 34.2 Å². The standard InChI is InChI=1S/C14H11N9/c1-8-4-11-17-7-18-23(11)6-9(8)19-13-16-5-10-12(20-13)21-14-15-2-3-22(10)14/h2-7H,1H3,(H2,15,16,19,20,21). The van der Waals surface area contributed by atoms with E-state index in [4.69, 9.17) is 0 Å². The fourth-order valence-corrected chi connectivity index (χ4v) is 2.61. The molecular weight excluding hydrogens is 294 g/mol. The molecule has 112 valence electrons. The molecule has 0 aromatic carbocycles. The number of H-pyrrole nitrogens is 1. The predicted octanol–water partition coefficient (Wildman–Crippen LogP) is 1.70. The normalized spacial score (nSPS) is 11.7. The third-order valence-electron chi connectivity index (χ3n) is 3.77. The van der Waals surface area contributed by atoms with Gasteiger partial charge < -0.3 is 10.3 Å². The van der Waals surface area contributed by atoms with E-state index in [2.05, 4.69) is 35.3 Å². The Labute approximate surface area is 129 Å². The van der Waals surface area contributed by atoms with E-state index in [9.17, 15) is 0 Å². The summed E-state index contributed by atoms with van der Waals surface area (Å²) in [5, 5.41) is 7.36. The van der Waals surface area contributed by atoms with Crippen LogP contribution in [0.15, 0.2) is 37.2 Å². The Hall–Kier alpha value is -3.49. The Bertz CT molecular complexity index is 1160. The highest BCUT2D eigenvalue weighted by atomic mass is 15.3. The predicted molar refractivity (Wildman–Crippen MR) is 83.6 cm³/mol. The van der Waals surface area contributed by atoms with E-state index in [1.165, 1.54) is 6.33 Å². The summed E-state index contributed by atoms with van der Waals surface area (Å²) in [6, 6.07) is 1.95. The number of imidazole rings is 2. The minimum atomic E-state index is 0.504. The van der Waals surface area contributed by atoms with Crippen LogP contribution >= 0.6 is 0 Å². The molecule has 9 nitrogen and oxygen atoms in total. The maximum Gasteiger partial charge on any atom is 0.229 e. The molecule has 0 fully saturated rings. The first-order chi connectivity index (χ1) is 11.3.